The summed E-state index contributed by atoms with van der Waals surface area (Å²) >= 11 is 4.21. The summed E-state index contributed by atoms with van der Waals surface area (Å²) in [5.74, 6) is 0. The SMILES string of the molecule is F/C=C/C(Cl)(C(F)(F)F)C(F)(F)F. The molecule has 0 spiro atoms. The molecule has 0 radical (unpaired) electrons. The van der Waals surface area contributed by atoms with E-state index in [1.54, 1.807) is 0 Å². The summed E-state index contributed by atoms with van der Waals surface area (Å²) in [6.07, 6.45) is -13.3. The van der Waals surface area contributed by atoms with Crippen molar-refractivity contribution in [2.45, 2.75) is 17.2 Å². The van der Waals surface area contributed by atoms with E-state index in [-0.39, 0.29) is 0 Å². The van der Waals surface area contributed by atoms with Crippen LogP contribution in [0.1, 0.15) is 0 Å². The van der Waals surface area contributed by atoms with Gasteiger partial charge in [0, 0.05) is 0 Å². The summed E-state index contributed by atoms with van der Waals surface area (Å²) in [4.78, 5) is -4.66. The van der Waals surface area contributed by atoms with Gasteiger partial charge in [-0.15, -0.1) is 0 Å². The van der Waals surface area contributed by atoms with Gasteiger partial charge >= 0.3 is 12.4 Å². The molecule has 0 aliphatic heterocycles. The molecule has 0 N–H and O–H groups in total. The summed E-state index contributed by atoms with van der Waals surface area (Å²) in [5.41, 5.74) is 0. The van der Waals surface area contributed by atoms with Crippen molar-refractivity contribution in [3.8, 4) is 0 Å². The zero-order valence-electron chi connectivity index (χ0n) is 5.68. The van der Waals surface area contributed by atoms with Crippen LogP contribution in [0.3, 0.4) is 0 Å². The Morgan fingerprint density at radius 3 is 1.23 bits per heavy atom. The van der Waals surface area contributed by atoms with Crippen LogP contribution in [0.15, 0.2) is 12.4 Å². The Labute approximate surface area is 73.0 Å². The third-order valence-corrected chi connectivity index (χ3v) is 1.67. The monoisotopic (exact) mass is 230 g/mol. The number of rotatable bonds is 1. The van der Waals surface area contributed by atoms with Crippen molar-refractivity contribution in [2.24, 2.45) is 0 Å². The van der Waals surface area contributed by atoms with Crippen LogP contribution in [-0.2, 0) is 0 Å². The average Bonchev–Trinajstić information content (AvgIpc) is 1.82. The molecule has 0 unspecified atom stereocenters. The molecule has 0 aromatic carbocycles. The van der Waals surface area contributed by atoms with Crippen LogP contribution < -0.4 is 0 Å². The summed E-state index contributed by atoms with van der Waals surface area (Å²) in [6, 6.07) is 0. The predicted octanol–water partition coefficient (Wildman–Crippen LogP) is 3.57. The highest BCUT2D eigenvalue weighted by molar-refractivity contribution is 6.26. The highest BCUT2D eigenvalue weighted by Crippen LogP contribution is 2.48. The van der Waals surface area contributed by atoms with Crippen LogP contribution in [-0.4, -0.2) is 17.2 Å². The molecule has 0 rings (SSSR count). The van der Waals surface area contributed by atoms with Gasteiger partial charge in [0.2, 0.25) is 0 Å². The van der Waals surface area contributed by atoms with Gasteiger partial charge in [0.25, 0.3) is 4.87 Å². The Hall–Kier alpha value is -0.460. The van der Waals surface area contributed by atoms with E-state index in [1.165, 1.54) is 0 Å². The molecule has 0 aromatic heterocycles. The summed E-state index contributed by atoms with van der Waals surface area (Å²) in [7, 11) is 0. The lowest BCUT2D eigenvalue weighted by Gasteiger charge is -2.27. The van der Waals surface area contributed by atoms with Gasteiger partial charge in [0.1, 0.15) is 0 Å². The van der Waals surface area contributed by atoms with E-state index in [0.717, 1.165) is 0 Å². The molecule has 0 heterocycles. The van der Waals surface area contributed by atoms with Gasteiger partial charge < -0.3 is 0 Å². The van der Waals surface area contributed by atoms with Crippen LogP contribution in [0.5, 0.6) is 0 Å². The first-order valence-corrected chi connectivity index (χ1v) is 3.04. The van der Waals surface area contributed by atoms with Gasteiger partial charge in [-0.2, -0.15) is 26.3 Å². The number of alkyl halides is 7. The molecule has 8 heteroatoms. The Kier molecular flexibility index (Phi) is 3.24. The lowest BCUT2D eigenvalue weighted by atomic mass is 10.1. The number of hydrogen-bond donors (Lipinski definition) is 0. The van der Waals surface area contributed by atoms with Crippen molar-refractivity contribution in [1.29, 1.82) is 0 Å². The fourth-order valence-electron chi connectivity index (χ4n) is 0.437. The highest BCUT2D eigenvalue weighted by atomic mass is 35.5. The van der Waals surface area contributed by atoms with E-state index in [2.05, 4.69) is 11.6 Å². The van der Waals surface area contributed by atoms with Crippen LogP contribution in [0.4, 0.5) is 30.7 Å². The molecule has 0 aromatic rings. The van der Waals surface area contributed by atoms with Crippen molar-refractivity contribution < 1.29 is 30.7 Å². The molecule has 0 aliphatic carbocycles. The molecule has 0 aliphatic rings. The molecule has 0 atom stereocenters. The van der Waals surface area contributed by atoms with Crippen molar-refractivity contribution in [1.82, 2.24) is 0 Å². The highest BCUT2D eigenvalue weighted by Gasteiger charge is 2.68. The summed E-state index contributed by atoms with van der Waals surface area (Å²) < 4.78 is 81.6. The fraction of sp³-hybridized carbons (Fsp3) is 0.600. The van der Waals surface area contributed by atoms with Crippen molar-refractivity contribution in [2.75, 3.05) is 0 Å². The number of hydrogen-bond acceptors (Lipinski definition) is 0. The molecule has 0 bridgehead atoms. The first-order valence-electron chi connectivity index (χ1n) is 2.66. The van der Waals surface area contributed by atoms with Gasteiger partial charge in [0.05, 0.1) is 6.33 Å². The fourth-order valence-corrected chi connectivity index (χ4v) is 0.484. The smallest absolute Gasteiger partial charge is 0.216 e. The van der Waals surface area contributed by atoms with Crippen molar-refractivity contribution >= 4 is 11.6 Å². The number of halogens is 8. The van der Waals surface area contributed by atoms with E-state index in [0.29, 0.717) is 0 Å². The molecule has 13 heavy (non-hydrogen) atoms. The maximum Gasteiger partial charge on any atom is 0.420 e. The van der Waals surface area contributed by atoms with Crippen LogP contribution in [0.25, 0.3) is 0 Å². The van der Waals surface area contributed by atoms with Crippen LogP contribution >= 0.6 is 11.6 Å². The minimum atomic E-state index is -5.80. The molecule has 0 saturated heterocycles. The molecule has 0 amide bonds. The van der Waals surface area contributed by atoms with Crippen molar-refractivity contribution in [3.63, 3.8) is 0 Å². The third kappa shape index (κ3) is 2.26. The lowest BCUT2D eigenvalue weighted by molar-refractivity contribution is -0.253. The first kappa shape index (κ1) is 12.5. The summed E-state index contributed by atoms with van der Waals surface area (Å²) in [6.45, 7) is 0. The topological polar surface area (TPSA) is 0 Å². The van der Waals surface area contributed by atoms with Crippen LogP contribution in [0, 0.1) is 0 Å². The van der Waals surface area contributed by atoms with E-state index in [1.807, 2.05) is 0 Å². The van der Waals surface area contributed by atoms with Gasteiger partial charge in [-0.25, -0.2) is 4.39 Å². The second kappa shape index (κ2) is 3.36. The zero-order chi connectivity index (χ0) is 10.9. The maximum absolute atomic E-state index is 11.7. The Bertz CT molecular complexity index is 186. The van der Waals surface area contributed by atoms with E-state index < -0.39 is 29.6 Å². The first-order chi connectivity index (χ1) is 5.56. The zero-order valence-corrected chi connectivity index (χ0v) is 6.43. The third-order valence-electron chi connectivity index (χ3n) is 1.12. The molecular formula is C5H2ClF7. The maximum atomic E-state index is 11.7. The quantitative estimate of drug-likeness (QED) is 0.477. The summed E-state index contributed by atoms with van der Waals surface area (Å²) in [5, 5.41) is 0. The Balaban J connectivity index is 5.21. The van der Waals surface area contributed by atoms with Gasteiger partial charge in [-0.1, -0.05) is 11.6 Å². The minimum Gasteiger partial charge on any atom is -0.216 e. The molecule has 0 saturated carbocycles. The molecule has 0 nitrogen and oxygen atoms in total. The average molecular weight is 231 g/mol. The van der Waals surface area contributed by atoms with Crippen LogP contribution in [0.2, 0.25) is 0 Å². The molecular weight excluding hydrogens is 228 g/mol. The lowest BCUT2D eigenvalue weighted by Crippen LogP contribution is -2.50. The second-order valence-corrected chi connectivity index (χ2v) is 2.60. The van der Waals surface area contributed by atoms with E-state index in [9.17, 15) is 30.7 Å². The number of allylic oxidation sites excluding steroid dienone is 1. The second-order valence-electron chi connectivity index (χ2n) is 2.00. The predicted molar refractivity (Wildman–Crippen MR) is 30.9 cm³/mol. The molecule has 78 valence electrons. The van der Waals surface area contributed by atoms with Crippen molar-refractivity contribution in [3.05, 3.63) is 12.4 Å². The minimum absolute atomic E-state index is 0.797. The van der Waals surface area contributed by atoms with E-state index >= 15 is 0 Å². The Morgan fingerprint density at radius 2 is 1.15 bits per heavy atom. The van der Waals surface area contributed by atoms with Gasteiger partial charge in [-0.3, -0.25) is 0 Å². The van der Waals surface area contributed by atoms with E-state index in [4.69, 9.17) is 0 Å². The standard InChI is InChI=1S/C5H2ClF7/c6-3(1-2-7,4(8,9)10)5(11,12)13/h1-2H/b2-1+. The normalized spacial score (nSPS) is 15.4. The largest absolute Gasteiger partial charge is 0.420 e. The molecule has 0 fully saturated rings. The Morgan fingerprint density at radius 1 is 0.846 bits per heavy atom. The van der Waals surface area contributed by atoms with Gasteiger partial charge in [-0.05, 0) is 6.08 Å². The van der Waals surface area contributed by atoms with Gasteiger partial charge in [0.15, 0.2) is 0 Å².